The van der Waals surface area contributed by atoms with Gasteiger partial charge in [-0.25, -0.2) is 9.59 Å². The molecule has 0 aliphatic carbocycles. The summed E-state index contributed by atoms with van der Waals surface area (Å²) in [5, 5.41) is 17.2. The predicted octanol–water partition coefficient (Wildman–Crippen LogP) is -2.31. The highest BCUT2D eigenvalue weighted by molar-refractivity contribution is 7.79. The van der Waals surface area contributed by atoms with Gasteiger partial charge in [-0.3, -0.25) is 8.42 Å². The van der Waals surface area contributed by atoms with Gasteiger partial charge in [0.2, 0.25) is 0 Å². The number of carboxylic acids is 2. The molecule has 0 aliphatic rings. The molecule has 0 bridgehead atoms. The highest BCUT2D eigenvalue weighted by Gasteiger charge is 2.15. The van der Waals surface area contributed by atoms with Crippen molar-refractivity contribution in [3.8, 4) is 0 Å². The second kappa shape index (κ2) is 15.0. The second-order valence-corrected chi connectivity index (χ2v) is 6.67. The van der Waals surface area contributed by atoms with E-state index in [0.29, 0.717) is 12.8 Å². The van der Waals surface area contributed by atoms with Crippen molar-refractivity contribution < 1.29 is 54.3 Å². The summed E-state index contributed by atoms with van der Waals surface area (Å²) in [6.07, 6.45) is 0.992. The van der Waals surface area contributed by atoms with Crippen LogP contribution in [0.25, 0.3) is 0 Å². The van der Waals surface area contributed by atoms with Crippen LogP contribution in [0.15, 0.2) is 60.7 Å². The molecule has 2 aromatic rings. The van der Waals surface area contributed by atoms with Crippen LogP contribution in [0.3, 0.4) is 0 Å². The Hall–Kier alpha value is -2.87. The fourth-order valence-electron chi connectivity index (χ4n) is 1.97. The third-order valence-corrected chi connectivity index (χ3v) is 3.35. The molecule has 2 rings (SSSR count). The first-order valence-corrected chi connectivity index (χ1v) is 9.59. The first-order valence-electron chi connectivity index (χ1n) is 8.26. The Labute approximate surface area is 173 Å². The Kier molecular flexibility index (Phi) is 14.7. The van der Waals surface area contributed by atoms with Crippen LogP contribution in [0, 0.1) is 0 Å². The molecule has 2 aromatic carbocycles. The lowest BCUT2D eigenvalue weighted by atomic mass is 10.1. The van der Waals surface area contributed by atoms with E-state index >= 15 is 0 Å². The summed E-state index contributed by atoms with van der Waals surface area (Å²) >= 11 is 0. The van der Waals surface area contributed by atoms with E-state index in [1.165, 1.54) is 0 Å². The molecule has 0 fully saturated rings. The van der Waals surface area contributed by atoms with E-state index in [1.54, 1.807) is 0 Å². The van der Waals surface area contributed by atoms with Gasteiger partial charge >= 0.3 is 11.9 Å². The molecule has 2 atom stereocenters. The van der Waals surface area contributed by atoms with Crippen LogP contribution in [-0.4, -0.2) is 57.2 Å². The van der Waals surface area contributed by atoms with Gasteiger partial charge in [-0.2, -0.15) is 0 Å². The highest BCUT2D eigenvalue weighted by Crippen LogP contribution is 2.01. The molecule has 168 valence electrons. The molecule has 0 aliphatic heterocycles. The Balaban J connectivity index is 0. The molecule has 0 saturated heterocycles. The molecule has 30 heavy (non-hydrogen) atoms. The zero-order chi connectivity index (χ0) is 22.4. The van der Waals surface area contributed by atoms with E-state index in [-0.39, 0.29) is 5.48 Å². The van der Waals surface area contributed by atoms with E-state index in [9.17, 15) is 9.59 Å². The normalized spacial score (nSPS) is 11.9. The van der Waals surface area contributed by atoms with Crippen molar-refractivity contribution in [2.24, 2.45) is 0 Å². The average molecular weight is 446 g/mol. The number of carbonyl (C=O) groups is 2. The highest BCUT2D eigenvalue weighted by atomic mass is 32.3. The molecular weight excluding hydrogens is 420 g/mol. The van der Waals surface area contributed by atoms with Gasteiger partial charge in [0.25, 0.3) is 0 Å². The van der Waals surface area contributed by atoms with Gasteiger partial charge in [0.15, 0.2) is 12.1 Å². The largest absolute Gasteiger partial charge is 0.759 e. The lowest BCUT2D eigenvalue weighted by molar-refractivity contribution is -0.407. The quantitative estimate of drug-likeness (QED) is 0.276. The topological polar surface area (TPSA) is 242 Å². The molecule has 10 N–H and O–H groups in total. The molecular formula is C18H26N2O9S. The molecule has 0 spiro atoms. The van der Waals surface area contributed by atoms with Crippen LogP contribution in [-0.2, 0) is 32.8 Å². The maximum Gasteiger partial charge on any atom is 0.362 e. The summed E-state index contributed by atoms with van der Waals surface area (Å²) in [6, 6.07) is 17.9. The Morgan fingerprint density at radius 3 is 1.20 bits per heavy atom. The molecule has 0 saturated carbocycles. The van der Waals surface area contributed by atoms with Crippen molar-refractivity contribution in [1.82, 2.24) is 0 Å². The van der Waals surface area contributed by atoms with Crippen molar-refractivity contribution >= 4 is 22.3 Å². The standard InChI is InChI=1S/2C9H11NO2.H2O4S.H2O/c2*10-8(9(11)12)6-7-4-2-1-3-5-7;1-5(2,3)4;/h2*1-5,8H,6,10H2,(H,11,12);(H2,1,2,3,4);1H2/t2*8-;;/m10../s1. The average Bonchev–Trinajstić information content (AvgIpc) is 2.62. The minimum absolute atomic E-state index is 0. The molecule has 12 heteroatoms. The predicted molar refractivity (Wildman–Crippen MR) is 103 cm³/mol. The Morgan fingerprint density at radius 2 is 1.00 bits per heavy atom. The summed E-state index contributed by atoms with van der Waals surface area (Å²) in [4.78, 5) is 20.9. The number of benzene rings is 2. The van der Waals surface area contributed by atoms with Crippen LogP contribution in [0.5, 0.6) is 0 Å². The third-order valence-electron chi connectivity index (χ3n) is 3.35. The summed E-state index contributed by atoms with van der Waals surface area (Å²) in [7, 11) is -5.17. The number of carboxylic acid groups (broad SMARTS) is 2. The first-order chi connectivity index (χ1) is 13.4. The minimum Gasteiger partial charge on any atom is -0.759 e. The van der Waals surface area contributed by atoms with E-state index in [4.69, 9.17) is 27.7 Å². The maximum atomic E-state index is 10.4. The van der Waals surface area contributed by atoms with E-state index < -0.39 is 34.4 Å². The second-order valence-electron chi connectivity index (χ2n) is 5.86. The number of aliphatic carboxylic acids is 2. The lowest BCUT2D eigenvalue weighted by Crippen LogP contribution is -2.65. The molecule has 0 radical (unpaired) electrons. The van der Waals surface area contributed by atoms with Crippen molar-refractivity contribution in [3.05, 3.63) is 71.8 Å². The van der Waals surface area contributed by atoms with Gasteiger partial charge in [-0.15, -0.1) is 0 Å². The maximum absolute atomic E-state index is 10.4. The molecule has 0 aromatic heterocycles. The fraction of sp³-hybridized carbons (Fsp3) is 0.222. The summed E-state index contributed by atoms with van der Waals surface area (Å²) in [6.45, 7) is 0. The van der Waals surface area contributed by atoms with E-state index in [0.717, 1.165) is 11.1 Å². The van der Waals surface area contributed by atoms with Crippen LogP contribution in [0.2, 0.25) is 0 Å². The molecule has 0 unspecified atom stereocenters. The van der Waals surface area contributed by atoms with Crippen molar-refractivity contribution in [3.63, 3.8) is 0 Å². The van der Waals surface area contributed by atoms with Crippen molar-refractivity contribution in [2.75, 3.05) is 0 Å². The van der Waals surface area contributed by atoms with Gasteiger partial charge in [-0.1, -0.05) is 60.7 Å². The monoisotopic (exact) mass is 446 g/mol. The first kappa shape index (κ1) is 29.3. The van der Waals surface area contributed by atoms with Gasteiger partial charge < -0.3 is 36.3 Å². The lowest BCUT2D eigenvalue weighted by Gasteiger charge is -2.06. The number of quaternary nitrogens is 2. The smallest absolute Gasteiger partial charge is 0.362 e. The minimum atomic E-state index is -5.17. The Morgan fingerprint density at radius 1 is 0.767 bits per heavy atom. The summed E-state index contributed by atoms with van der Waals surface area (Å²) < 4.78 is 34.1. The summed E-state index contributed by atoms with van der Waals surface area (Å²) in [5.41, 5.74) is 9.09. The van der Waals surface area contributed by atoms with Crippen LogP contribution in [0.4, 0.5) is 0 Å². The van der Waals surface area contributed by atoms with E-state index in [1.807, 2.05) is 60.7 Å². The van der Waals surface area contributed by atoms with Crippen LogP contribution < -0.4 is 11.5 Å². The van der Waals surface area contributed by atoms with Gasteiger partial charge in [0, 0.05) is 23.2 Å². The SMILES string of the molecule is O.O=S(=O)([O-])[O-].[NH3+][C@@H](Cc1ccccc1)C(=O)O.[NH3+][C@H](Cc1ccccc1)C(=O)O. The number of rotatable bonds is 6. The fourth-order valence-corrected chi connectivity index (χ4v) is 1.97. The van der Waals surface area contributed by atoms with Crippen LogP contribution >= 0.6 is 0 Å². The summed E-state index contributed by atoms with van der Waals surface area (Å²) in [5.74, 6) is -1.70. The van der Waals surface area contributed by atoms with Crippen molar-refractivity contribution in [2.45, 2.75) is 24.9 Å². The van der Waals surface area contributed by atoms with Crippen molar-refractivity contribution in [1.29, 1.82) is 0 Å². The number of hydrogen-bond donors (Lipinski definition) is 4. The van der Waals surface area contributed by atoms with Gasteiger partial charge in [-0.05, 0) is 11.1 Å². The Bertz CT molecular complexity index is 781. The van der Waals surface area contributed by atoms with Crippen LogP contribution in [0.1, 0.15) is 11.1 Å². The van der Waals surface area contributed by atoms with Gasteiger partial charge in [0.05, 0.1) is 0 Å². The zero-order valence-corrected chi connectivity index (χ0v) is 16.8. The van der Waals surface area contributed by atoms with E-state index in [2.05, 4.69) is 11.5 Å². The number of hydrogen-bond acceptors (Lipinski definition) is 6. The molecule has 11 nitrogen and oxygen atoms in total. The zero-order valence-electron chi connectivity index (χ0n) is 16.0. The molecule has 0 heterocycles. The van der Waals surface area contributed by atoms with Gasteiger partial charge in [0.1, 0.15) is 0 Å². The third kappa shape index (κ3) is 17.2. The molecule has 0 amide bonds.